The van der Waals surface area contributed by atoms with Crippen molar-refractivity contribution in [3.05, 3.63) is 58.6 Å². The number of benzene rings is 2. The van der Waals surface area contributed by atoms with Gasteiger partial charge in [0.05, 0.1) is 20.9 Å². The van der Waals surface area contributed by atoms with Gasteiger partial charge in [-0.3, -0.25) is 4.79 Å². The fraction of sp³-hybridized carbons (Fsp3) is 0.222. The molecule has 3 aromatic rings. The Labute approximate surface area is 176 Å². The molecule has 0 bridgehead atoms. The van der Waals surface area contributed by atoms with Crippen molar-refractivity contribution in [2.45, 2.75) is 10.6 Å². The van der Waals surface area contributed by atoms with Gasteiger partial charge in [0, 0.05) is 23.9 Å². The minimum absolute atomic E-state index is 0.0951. The molecule has 3 rings (SSSR count). The summed E-state index contributed by atoms with van der Waals surface area (Å²) in [4.78, 5) is 16.5. The predicted octanol–water partition coefficient (Wildman–Crippen LogP) is 3.28. The minimum Gasteiger partial charge on any atom is -0.354 e. The monoisotopic (exact) mass is 455 g/mol. The summed E-state index contributed by atoms with van der Waals surface area (Å²) < 4.78 is 27.9. The van der Waals surface area contributed by atoms with E-state index in [2.05, 4.69) is 15.0 Å². The van der Waals surface area contributed by atoms with E-state index in [1.54, 1.807) is 23.5 Å². The molecule has 0 aliphatic heterocycles. The Morgan fingerprint density at radius 1 is 1.14 bits per heavy atom. The van der Waals surface area contributed by atoms with Crippen LogP contribution in [0.2, 0.25) is 5.02 Å². The number of carbonyl (C=O) groups excluding carboxylic acids is 1. The van der Waals surface area contributed by atoms with E-state index in [-0.39, 0.29) is 29.6 Å². The summed E-state index contributed by atoms with van der Waals surface area (Å²) in [5, 5.41) is 4.03. The van der Waals surface area contributed by atoms with Crippen LogP contribution in [0.3, 0.4) is 0 Å². The molecule has 10 heteroatoms. The van der Waals surface area contributed by atoms with E-state index >= 15 is 0 Å². The number of nitrogens with zero attached hydrogens (tertiary/aromatic N) is 1. The number of thioether (sulfide) groups is 1. The van der Waals surface area contributed by atoms with Crippen LogP contribution in [0.15, 0.2) is 53.4 Å². The Morgan fingerprint density at radius 3 is 2.75 bits per heavy atom. The molecule has 0 saturated carbocycles. The average molecular weight is 456 g/mol. The molecule has 2 N–H and O–H groups in total. The third-order valence-corrected chi connectivity index (χ3v) is 7.50. The van der Waals surface area contributed by atoms with Crippen LogP contribution in [0, 0.1) is 0 Å². The van der Waals surface area contributed by atoms with Crippen molar-refractivity contribution in [1.82, 2.24) is 15.0 Å². The van der Waals surface area contributed by atoms with Crippen LogP contribution in [-0.2, 0) is 20.6 Å². The second kappa shape index (κ2) is 9.71. The molecule has 0 unspecified atom stereocenters. The highest BCUT2D eigenvalue weighted by atomic mass is 35.5. The van der Waals surface area contributed by atoms with Gasteiger partial charge in [0.1, 0.15) is 5.01 Å². The molecular weight excluding hydrogens is 438 g/mol. The number of sulfonamides is 1. The summed E-state index contributed by atoms with van der Waals surface area (Å²) in [6, 6.07) is 13.9. The van der Waals surface area contributed by atoms with Gasteiger partial charge < -0.3 is 5.32 Å². The first-order valence-corrected chi connectivity index (χ1v) is 12.2. The first kappa shape index (κ1) is 21.1. The Bertz CT molecular complexity index is 1040. The molecule has 0 fully saturated rings. The molecule has 0 aliphatic rings. The number of amides is 1. The van der Waals surface area contributed by atoms with Gasteiger partial charge in [0.15, 0.2) is 0 Å². The molecule has 0 radical (unpaired) electrons. The van der Waals surface area contributed by atoms with Crippen LogP contribution in [0.5, 0.6) is 0 Å². The first-order chi connectivity index (χ1) is 13.4. The average Bonchev–Trinajstić information content (AvgIpc) is 3.08. The van der Waals surface area contributed by atoms with Crippen molar-refractivity contribution >= 4 is 60.8 Å². The highest BCUT2D eigenvalue weighted by Gasteiger charge is 2.13. The summed E-state index contributed by atoms with van der Waals surface area (Å²) in [6.45, 7) is 0.309. The number of fused-ring (bicyclic) bond motifs is 1. The van der Waals surface area contributed by atoms with Crippen molar-refractivity contribution in [3.8, 4) is 0 Å². The first-order valence-electron chi connectivity index (χ1n) is 8.38. The number of thiazole rings is 1. The van der Waals surface area contributed by atoms with Crippen LogP contribution < -0.4 is 10.0 Å². The zero-order valence-electron chi connectivity index (χ0n) is 14.7. The predicted molar refractivity (Wildman–Crippen MR) is 115 cm³/mol. The molecule has 1 heterocycles. The van der Waals surface area contributed by atoms with Crippen molar-refractivity contribution in [1.29, 1.82) is 0 Å². The summed E-state index contributed by atoms with van der Waals surface area (Å²) in [5.41, 5.74) is 0.972. The summed E-state index contributed by atoms with van der Waals surface area (Å²) in [5.74, 6) is 0.804. The van der Waals surface area contributed by atoms with E-state index in [0.29, 0.717) is 10.8 Å². The van der Waals surface area contributed by atoms with Gasteiger partial charge in [-0.25, -0.2) is 18.1 Å². The topological polar surface area (TPSA) is 88.2 Å². The second-order valence-electron chi connectivity index (χ2n) is 5.77. The normalized spacial score (nSPS) is 11.6. The van der Waals surface area contributed by atoms with E-state index in [9.17, 15) is 13.2 Å². The number of rotatable bonds is 9. The molecule has 1 aromatic heterocycles. The molecule has 0 spiro atoms. The number of aromatic nitrogens is 1. The molecule has 0 atom stereocenters. The lowest BCUT2D eigenvalue weighted by Gasteiger charge is -2.08. The third-order valence-electron chi connectivity index (χ3n) is 3.64. The number of halogens is 1. The Morgan fingerprint density at radius 2 is 1.96 bits per heavy atom. The van der Waals surface area contributed by atoms with Gasteiger partial charge >= 0.3 is 0 Å². The van der Waals surface area contributed by atoms with Gasteiger partial charge in [-0.05, 0) is 30.3 Å². The van der Waals surface area contributed by atoms with Gasteiger partial charge in [0.2, 0.25) is 15.9 Å². The lowest BCUT2D eigenvalue weighted by Crippen LogP contribution is -2.35. The third kappa shape index (κ3) is 5.92. The lowest BCUT2D eigenvalue weighted by molar-refractivity contribution is -0.118. The fourth-order valence-corrected chi connectivity index (χ4v) is 5.58. The maximum absolute atomic E-state index is 12.1. The Balaban J connectivity index is 1.36. The van der Waals surface area contributed by atoms with Crippen LogP contribution in [0.1, 0.15) is 5.01 Å². The number of nitrogens with one attached hydrogen (secondary N) is 2. The Kier molecular flexibility index (Phi) is 7.30. The summed E-state index contributed by atoms with van der Waals surface area (Å²) in [7, 11) is -3.64. The van der Waals surface area contributed by atoms with Crippen molar-refractivity contribution in [2.24, 2.45) is 0 Å². The molecule has 1 amide bonds. The zero-order valence-corrected chi connectivity index (χ0v) is 17.9. The van der Waals surface area contributed by atoms with Crippen LogP contribution in [0.25, 0.3) is 10.2 Å². The van der Waals surface area contributed by atoms with E-state index in [0.717, 1.165) is 15.2 Å². The molecule has 0 aliphatic carbocycles. The van der Waals surface area contributed by atoms with Crippen molar-refractivity contribution in [3.63, 3.8) is 0 Å². The maximum Gasteiger partial charge on any atom is 0.240 e. The van der Waals surface area contributed by atoms with E-state index in [1.165, 1.54) is 23.9 Å². The molecule has 28 heavy (non-hydrogen) atoms. The SMILES string of the molecule is O=C(CSCc1nc2ccccc2s1)NCCNS(=O)(=O)c1cccc(Cl)c1. The highest BCUT2D eigenvalue weighted by Crippen LogP contribution is 2.24. The van der Waals surface area contributed by atoms with Gasteiger partial charge in [-0.15, -0.1) is 23.1 Å². The smallest absolute Gasteiger partial charge is 0.240 e. The number of hydrogen-bond donors (Lipinski definition) is 2. The summed E-state index contributed by atoms with van der Waals surface area (Å²) in [6.07, 6.45) is 0. The minimum atomic E-state index is -3.64. The highest BCUT2D eigenvalue weighted by molar-refractivity contribution is 7.99. The lowest BCUT2D eigenvalue weighted by atomic mass is 10.3. The van der Waals surface area contributed by atoms with Crippen LogP contribution in [0.4, 0.5) is 0 Å². The molecule has 148 valence electrons. The quantitative estimate of drug-likeness (QED) is 0.483. The molecule has 2 aromatic carbocycles. The van der Waals surface area contributed by atoms with Gasteiger partial charge in [-0.1, -0.05) is 29.8 Å². The van der Waals surface area contributed by atoms with Crippen molar-refractivity contribution in [2.75, 3.05) is 18.8 Å². The Hall–Kier alpha value is -1.65. The number of para-hydroxylation sites is 1. The van der Waals surface area contributed by atoms with Gasteiger partial charge in [0.25, 0.3) is 0 Å². The van der Waals surface area contributed by atoms with E-state index < -0.39 is 10.0 Å². The van der Waals surface area contributed by atoms with Gasteiger partial charge in [-0.2, -0.15) is 0 Å². The zero-order chi connectivity index (χ0) is 20.0. The standard InChI is InChI=1S/C18H18ClN3O3S3/c19-13-4-3-5-14(10-13)28(24,25)21-9-8-20-17(23)11-26-12-18-22-15-6-1-2-7-16(15)27-18/h1-7,10,21H,8-9,11-12H2,(H,20,23). The maximum atomic E-state index is 12.1. The second-order valence-corrected chi connectivity index (χ2v) is 10.1. The molecular formula is C18H18ClN3O3S3. The van der Waals surface area contributed by atoms with E-state index in [1.807, 2.05) is 24.3 Å². The summed E-state index contributed by atoms with van der Waals surface area (Å²) >= 11 is 8.91. The van der Waals surface area contributed by atoms with E-state index in [4.69, 9.17) is 11.6 Å². The molecule has 0 saturated heterocycles. The van der Waals surface area contributed by atoms with Crippen LogP contribution >= 0.6 is 34.7 Å². The molecule has 6 nitrogen and oxygen atoms in total. The number of carbonyl (C=O) groups is 1. The fourth-order valence-electron chi connectivity index (χ4n) is 2.37. The largest absolute Gasteiger partial charge is 0.354 e. The number of hydrogen-bond acceptors (Lipinski definition) is 6. The van der Waals surface area contributed by atoms with Crippen molar-refractivity contribution < 1.29 is 13.2 Å². The van der Waals surface area contributed by atoms with Crippen LogP contribution in [-0.4, -0.2) is 38.2 Å².